The Labute approximate surface area is 208 Å². The minimum atomic E-state index is -1.13. The van der Waals surface area contributed by atoms with Crippen LogP contribution in [-0.4, -0.2) is 59.8 Å². The average molecular weight is 549 g/mol. The molecule has 0 saturated heterocycles. The summed E-state index contributed by atoms with van der Waals surface area (Å²) in [5.74, 6) is -0.426. The van der Waals surface area contributed by atoms with E-state index in [1.807, 2.05) is 6.07 Å². The van der Waals surface area contributed by atoms with Gasteiger partial charge < -0.3 is 30.8 Å². The summed E-state index contributed by atoms with van der Waals surface area (Å²) in [6, 6.07) is 9.12. The van der Waals surface area contributed by atoms with Crippen LogP contribution in [0.25, 0.3) is 0 Å². The van der Waals surface area contributed by atoms with Crippen molar-refractivity contribution in [1.82, 2.24) is 21.1 Å². The highest BCUT2D eigenvalue weighted by molar-refractivity contribution is 9.10. The van der Waals surface area contributed by atoms with Crippen LogP contribution in [0.15, 0.2) is 45.5 Å². The number of hydroxylamine groups is 1. The Morgan fingerprint density at radius 3 is 2.91 bits per heavy atom. The summed E-state index contributed by atoms with van der Waals surface area (Å²) < 4.78 is 24.0. The van der Waals surface area contributed by atoms with Crippen molar-refractivity contribution in [3.8, 4) is 0 Å². The Hall–Kier alpha value is -3.04. The van der Waals surface area contributed by atoms with Crippen LogP contribution in [-0.2, 0) is 11.1 Å². The summed E-state index contributed by atoms with van der Waals surface area (Å²) in [6.07, 6.45) is 0.629. The zero-order valence-electron chi connectivity index (χ0n) is 18.4. The van der Waals surface area contributed by atoms with E-state index in [0.717, 1.165) is 5.56 Å². The Morgan fingerprint density at radius 1 is 1.26 bits per heavy atom. The number of hydrogen-bond acceptors (Lipinski definition) is 10. The lowest BCUT2D eigenvalue weighted by molar-refractivity contribution is 0.0955. The van der Waals surface area contributed by atoms with Gasteiger partial charge in [0.2, 0.25) is 0 Å². The van der Waals surface area contributed by atoms with E-state index in [1.54, 1.807) is 24.3 Å². The summed E-state index contributed by atoms with van der Waals surface area (Å²) in [7, 11) is -1.13. The zero-order chi connectivity index (χ0) is 24.8. The number of halogens is 2. The van der Waals surface area contributed by atoms with E-state index in [-0.39, 0.29) is 23.5 Å². The highest BCUT2D eigenvalue weighted by atomic mass is 79.9. The van der Waals surface area contributed by atoms with E-state index in [1.165, 1.54) is 6.07 Å². The first-order valence-electron chi connectivity index (χ1n) is 10.8. The number of nitrogens with zero attached hydrogens (tertiary/aromatic N) is 2. The molecule has 14 heteroatoms. The fourth-order valence-corrected chi connectivity index (χ4v) is 4.16. The molecule has 1 atom stereocenters. The van der Waals surface area contributed by atoms with Crippen LogP contribution >= 0.6 is 15.9 Å². The number of fused-ring (bicyclic) bond motifs is 1. The minimum absolute atomic E-state index is 0.0537. The van der Waals surface area contributed by atoms with E-state index >= 15 is 0 Å². The number of carbonyl (C=O) groups is 1. The maximum atomic E-state index is 13.5. The predicted octanol–water partition coefficient (Wildman–Crippen LogP) is 1.21. The van der Waals surface area contributed by atoms with Crippen molar-refractivity contribution in [1.29, 1.82) is 0 Å². The second-order valence-electron chi connectivity index (χ2n) is 7.72. The third kappa shape index (κ3) is 5.97. The first kappa shape index (κ1) is 25.1. The van der Waals surface area contributed by atoms with Crippen molar-refractivity contribution in [3.63, 3.8) is 0 Å². The van der Waals surface area contributed by atoms with Crippen molar-refractivity contribution < 1.29 is 28.7 Å². The van der Waals surface area contributed by atoms with Crippen LogP contribution in [0.2, 0.25) is 0 Å². The van der Waals surface area contributed by atoms with Crippen molar-refractivity contribution in [2.75, 3.05) is 36.9 Å². The molecule has 0 fully saturated rings. The van der Waals surface area contributed by atoms with Gasteiger partial charge in [-0.25, -0.2) is 14.5 Å². The van der Waals surface area contributed by atoms with Gasteiger partial charge >= 0.3 is 7.12 Å². The highest BCUT2D eigenvalue weighted by Crippen LogP contribution is 2.26. The Morgan fingerprint density at radius 2 is 2.11 bits per heavy atom. The molecule has 2 aromatic carbocycles. The Bertz CT molecular complexity index is 1180. The first-order valence-corrected chi connectivity index (χ1v) is 11.6. The maximum absolute atomic E-state index is 13.5. The summed E-state index contributed by atoms with van der Waals surface area (Å²) in [4.78, 5) is 12.7. The molecule has 0 bridgehead atoms. The standard InChI is InChI=1S/C21H23BBrFN6O5/c23-15-10-13(4-5-16(15)24)28-17(11-27-33)19-20(30-35-29-19)25-7-8-26-21(31)14-3-1-2-12-6-9-34-22(32)18(12)14/h1-5,10,17,27-28,32-33H,6-9,11H2,(H,25,30)(H,26,31). The van der Waals surface area contributed by atoms with Crippen LogP contribution in [0.4, 0.5) is 15.9 Å². The van der Waals surface area contributed by atoms with E-state index in [2.05, 4.69) is 47.7 Å². The van der Waals surface area contributed by atoms with Crippen LogP contribution in [0.1, 0.15) is 27.7 Å². The van der Waals surface area contributed by atoms with Gasteiger partial charge in [0.25, 0.3) is 5.91 Å². The van der Waals surface area contributed by atoms with Gasteiger partial charge in [0, 0.05) is 37.5 Å². The number of nitrogens with one attached hydrogen (secondary N) is 4. The minimum Gasteiger partial charge on any atom is -0.423 e. The van der Waals surface area contributed by atoms with Crippen LogP contribution in [0.5, 0.6) is 0 Å². The molecule has 2 heterocycles. The summed E-state index contributed by atoms with van der Waals surface area (Å²) in [5.41, 5.74) is 4.78. The number of hydrogen-bond donors (Lipinski definition) is 6. The lowest BCUT2D eigenvalue weighted by Crippen LogP contribution is -2.46. The second-order valence-corrected chi connectivity index (χ2v) is 8.57. The second kappa shape index (κ2) is 11.6. The van der Waals surface area contributed by atoms with Crippen molar-refractivity contribution in [3.05, 3.63) is 63.5 Å². The molecule has 6 N–H and O–H groups in total. The average Bonchev–Trinajstić information content (AvgIpc) is 3.32. The maximum Gasteiger partial charge on any atom is 0.492 e. The number of carbonyl (C=O) groups excluding carboxylic acids is 1. The molecule has 0 spiro atoms. The molecule has 0 aliphatic carbocycles. The third-order valence-corrected chi connectivity index (χ3v) is 6.05. The molecule has 0 radical (unpaired) electrons. The molecule has 184 valence electrons. The molecule has 1 aromatic heterocycles. The fourth-order valence-electron chi connectivity index (χ4n) is 3.78. The van der Waals surface area contributed by atoms with Gasteiger partial charge in [0.05, 0.1) is 10.5 Å². The lowest BCUT2D eigenvalue weighted by atomic mass is 9.70. The molecule has 1 amide bonds. The molecule has 11 nitrogen and oxygen atoms in total. The summed E-state index contributed by atoms with van der Waals surface area (Å²) in [6.45, 7) is 0.991. The van der Waals surface area contributed by atoms with Crippen molar-refractivity contribution in [2.24, 2.45) is 0 Å². The van der Waals surface area contributed by atoms with E-state index in [9.17, 15) is 19.4 Å². The van der Waals surface area contributed by atoms with Crippen LogP contribution in [0.3, 0.4) is 0 Å². The lowest BCUT2D eigenvalue weighted by Gasteiger charge is -2.21. The first-order chi connectivity index (χ1) is 17.0. The molecule has 0 saturated carbocycles. The third-order valence-electron chi connectivity index (χ3n) is 5.44. The van der Waals surface area contributed by atoms with Gasteiger partial charge in [0.15, 0.2) is 11.5 Å². The van der Waals surface area contributed by atoms with Gasteiger partial charge in [0.1, 0.15) is 5.82 Å². The predicted molar refractivity (Wildman–Crippen MR) is 129 cm³/mol. The number of aromatic nitrogens is 2. The van der Waals surface area contributed by atoms with Gasteiger partial charge in [-0.3, -0.25) is 4.79 Å². The van der Waals surface area contributed by atoms with Gasteiger partial charge in [-0.1, -0.05) is 17.3 Å². The van der Waals surface area contributed by atoms with E-state index < -0.39 is 19.0 Å². The van der Waals surface area contributed by atoms with E-state index in [0.29, 0.717) is 47.8 Å². The number of benzene rings is 2. The molecular formula is C21H23BBrFN6O5. The fraction of sp³-hybridized carbons (Fsp3) is 0.286. The van der Waals surface area contributed by atoms with Gasteiger partial charge in [-0.15, -0.1) is 0 Å². The smallest absolute Gasteiger partial charge is 0.423 e. The monoisotopic (exact) mass is 548 g/mol. The highest BCUT2D eigenvalue weighted by Gasteiger charge is 2.29. The summed E-state index contributed by atoms with van der Waals surface area (Å²) >= 11 is 3.14. The quantitative estimate of drug-likeness (QED) is 0.124. The van der Waals surface area contributed by atoms with Crippen molar-refractivity contribution in [2.45, 2.75) is 12.5 Å². The van der Waals surface area contributed by atoms with Crippen LogP contribution in [0, 0.1) is 5.82 Å². The van der Waals surface area contributed by atoms with Gasteiger partial charge in [-0.2, -0.15) is 0 Å². The molecule has 35 heavy (non-hydrogen) atoms. The Balaban J connectivity index is 1.36. The molecule has 1 aliphatic heterocycles. The number of amides is 1. The molecule has 3 aromatic rings. The Kier molecular flexibility index (Phi) is 8.31. The number of rotatable bonds is 10. The molecule has 1 aliphatic rings. The van der Waals surface area contributed by atoms with Gasteiger partial charge in [-0.05, 0) is 62.8 Å². The topological polar surface area (TPSA) is 154 Å². The molecule has 1 unspecified atom stereocenters. The normalized spacial score (nSPS) is 13.8. The zero-order valence-corrected chi connectivity index (χ0v) is 20.0. The number of anilines is 2. The van der Waals surface area contributed by atoms with E-state index in [4.69, 9.17) is 9.28 Å². The molecule has 4 rings (SSSR count). The van der Waals surface area contributed by atoms with Crippen molar-refractivity contribution >= 4 is 45.9 Å². The SMILES string of the molecule is O=C(NCCNc1nonc1C(CNO)Nc1ccc(F)c(Br)c1)c1cccc2c1B(O)OCC2. The summed E-state index contributed by atoms with van der Waals surface area (Å²) in [5, 5.41) is 36.2. The largest absolute Gasteiger partial charge is 0.492 e. The van der Waals surface area contributed by atoms with Crippen LogP contribution < -0.4 is 26.9 Å². The molecular weight excluding hydrogens is 526 g/mol.